The van der Waals surface area contributed by atoms with E-state index in [2.05, 4.69) is 6.58 Å². The summed E-state index contributed by atoms with van der Waals surface area (Å²) in [6.07, 6.45) is 1.60. The molecule has 0 aliphatic rings. The minimum absolute atomic E-state index is 0.244. The molecule has 1 aromatic heterocycles. The molecular weight excluding hydrogens is 146 g/mol. The first-order valence-electron chi connectivity index (χ1n) is 2.90. The molecule has 0 aliphatic heterocycles. The Bertz CT molecular complexity index is 231. The first kappa shape index (κ1) is 7.31. The quantitative estimate of drug-likeness (QED) is 0.638. The maximum Gasteiger partial charge on any atom is 0.176 e. The SMILES string of the molecule is C=C[C@H](N)c1ccsc1O. The second-order valence-electron chi connectivity index (χ2n) is 1.94. The van der Waals surface area contributed by atoms with Crippen molar-refractivity contribution in [2.24, 2.45) is 5.73 Å². The van der Waals surface area contributed by atoms with Crippen LogP contribution < -0.4 is 5.73 Å². The van der Waals surface area contributed by atoms with E-state index in [9.17, 15) is 0 Å². The van der Waals surface area contributed by atoms with Gasteiger partial charge in [0, 0.05) is 5.56 Å². The van der Waals surface area contributed by atoms with Crippen molar-refractivity contribution in [1.29, 1.82) is 0 Å². The van der Waals surface area contributed by atoms with Gasteiger partial charge in [-0.15, -0.1) is 17.9 Å². The molecule has 0 aromatic carbocycles. The Morgan fingerprint density at radius 1 is 1.80 bits per heavy atom. The molecule has 0 saturated carbocycles. The third-order valence-electron chi connectivity index (χ3n) is 1.29. The highest BCUT2D eigenvalue weighted by Gasteiger charge is 2.06. The van der Waals surface area contributed by atoms with Gasteiger partial charge in [-0.25, -0.2) is 0 Å². The maximum atomic E-state index is 9.14. The minimum atomic E-state index is -0.244. The van der Waals surface area contributed by atoms with Gasteiger partial charge in [0.25, 0.3) is 0 Å². The Kier molecular flexibility index (Phi) is 2.09. The molecule has 0 bridgehead atoms. The second kappa shape index (κ2) is 2.86. The molecule has 0 spiro atoms. The average Bonchev–Trinajstić information content (AvgIpc) is 2.34. The van der Waals surface area contributed by atoms with Gasteiger partial charge in [0.1, 0.15) is 0 Å². The van der Waals surface area contributed by atoms with Gasteiger partial charge in [-0.2, -0.15) is 0 Å². The third-order valence-corrected chi connectivity index (χ3v) is 2.02. The molecule has 0 fully saturated rings. The first-order valence-corrected chi connectivity index (χ1v) is 3.78. The zero-order valence-electron chi connectivity index (χ0n) is 5.45. The number of hydrogen-bond donors (Lipinski definition) is 2. The van der Waals surface area contributed by atoms with Crippen LogP contribution in [0.15, 0.2) is 24.1 Å². The third kappa shape index (κ3) is 1.20. The average molecular weight is 155 g/mol. The lowest BCUT2D eigenvalue weighted by Gasteiger charge is -2.01. The van der Waals surface area contributed by atoms with Crippen LogP contribution in [0.4, 0.5) is 0 Å². The molecule has 1 aromatic rings. The van der Waals surface area contributed by atoms with E-state index in [4.69, 9.17) is 10.8 Å². The topological polar surface area (TPSA) is 46.2 Å². The maximum absolute atomic E-state index is 9.14. The zero-order valence-corrected chi connectivity index (χ0v) is 6.27. The Morgan fingerprint density at radius 3 is 2.90 bits per heavy atom. The van der Waals surface area contributed by atoms with E-state index in [1.165, 1.54) is 11.3 Å². The molecule has 3 heteroatoms. The summed E-state index contributed by atoms with van der Waals surface area (Å²) in [6, 6.07) is 1.55. The lowest BCUT2D eigenvalue weighted by atomic mass is 10.1. The van der Waals surface area contributed by atoms with E-state index in [0.717, 1.165) is 5.56 Å². The van der Waals surface area contributed by atoms with Gasteiger partial charge in [-0.05, 0) is 11.4 Å². The van der Waals surface area contributed by atoms with Crippen molar-refractivity contribution in [3.8, 4) is 5.06 Å². The summed E-state index contributed by atoms with van der Waals surface area (Å²) in [7, 11) is 0. The predicted molar refractivity (Wildman–Crippen MR) is 43.1 cm³/mol. The van der Waals surface area contributed by atoms with Crippen molar-refractivity contribution in [3.05, 3.63) is 29.7 Å². The largest absolute Gasteiger partial charge is 0.499 e. The standard InChI is InChI=1S/C7H9NOS/c1-2-6(8)5-3-4-10-7(5)9/h2-4,6,9H,1,8H2/t6-/m0/s1. The first-order chi connectivity index (χ1) is 4.75. The molecule has 10 heavy (non-hydrogen) atoms. The number of nitrogens with two attached hydrogens (primary N) is 1. The van der Waals surface area contributed by atoms with E-state index in [-0.39, 0.29) is 11.1 Å². The van der Waals surface area contributed by atoms with Crippen LogP contribution in [0.5, 0.6) is 5.06 Å². The van der Waals surface area contributed by atoms with E-state index >= 15 is 0 Å². The summed E-state index contributed by atoms with van der Waals surface area (Å²) < 4.78 is 0. The van der Waals surface area contributed by atoms with Gasteiger partial charge in [0.05, 0.1) is 6.04 Å². The molecule has 1 atom stereocenters. The number of hydrogen-bond acceptors (Lipinski definition) is 3. The molecule has 1 heterocycles. The fraction of sp³-hybridized carbons (Fsp3) is 0.143. The summed E-state index contributed by atoms with van der Waals surface area (Å²) in [4.78, 5) is 0. The van der Waals surface area contributed by atoms with Crippen LogP contribution in [0.25, 0.3) is 0 Å². The monoisotopic (exact) mass is 155 g/mol. The van der Waals surface area contributed by atoms with Crippen molar-refractivity contribution in [1.82, 2.24) is 0 Å². The highest BCUT2D eigenvalue weighted by atomic mass is 32.1. The van der Waals surface area contributed by atoms with Gasteiger partial charge in [-0.3, -0.25) is 0 Å². The highest BCUT2D eigenvalue weighted by Crippen LogP contribution is 2.28. The minimum Gasteiger partial charge on any atom is -0.499 e. The highest BCUT2D eigenvalue weighted by molar-refractivity contribution is 7.11. The van der Waals surface area contributed by atoms with Gasteiger partial charge >= 0.3 is 0 Å². The predicted octanol–water partition coefficient (Wildman–Crippen LogP) is 1.64. The number of aromatic hydroxyl groups is 1. The Balaban J connectivity index is 2.92. The van der Waals surface area contributed by atoms with Crippen LogP contribution in [0.1, 0.15) is 11.6 Å². The normalized spacial score (nSPS) is 12.9. The Labute approximate surface area is 63.6 Å². The molecule has 1 rings (SSSR count). The van der Waals surface area contributed by atoms with E-state index in [0.29, 0.717) is 0 Å². The van der Waals surface area contributed by atoms with Crippen molar-refractivity contribution >= 4 is 11.3 Å². The number of thiophene rings is 1. The molecular formula is C7H9NOS. The van der Waals surface area contributed by atoms with Gasteiger partial charge in [-0.1, -0.05) is 6.08 Å². The molecule has 0 aliphatic carbocycles. The van der Waals surface area contributed by atoms with Gasteiger partial charge in [0.15, 0.2) is 5.06 Å². The summed E-state index contributed by atoms with van der Waals surface area (Å²) in [5.41, 5.74) is 6.32. The zero-order chi connectivity index (χ0) is 7.56. The van der Waals surface area contributed by atoms with Crippen LogP contribution >= 0.6 is 11.3 Å². The Hall–Kier alpha value is -0.800. The summed E-state index contributed by atoms with van der Waals surface area (Å²) in [5, 5.41) is 11.2. The van der Waals surface area contributed by atoms with Crippen molar-refractivity contribution in [3.63, 3.8) is 0 Å². The lowest BCUT2D eigenvalue weighted by Crippen LogP contribution is -2.04. The molecule has 3 N–H and O–H groups in total. The fourth-order valence-corrected chi connectivity index (χ4v) is 1.38. The van der Waals surface area contributed by atoms with Crippen LogP contribution in [-0.4, -0.2) is 5.11 Å². The van der Waals surface area contributed by atoms with Crippen LogP contribution in [0.3, 0.4) is 0 Å². The Morgan fingerprint density at radius 2 is 2.50 bits per heavy atom. The van der Waals surface area contributed by atoms with E-state index in [1.54, 1.807) is 17.5 Å². The fourth-order valence-electron chi connectivity index (χ4n) is 0.692. The molecule has 54 valence electrons. The number of rotatable bonds is 2. The van der Waals surface area contributed by atoms with Crippen LogP contribution in [0, 0.1) is 0 Å². The van der Waals surface area contributed by atoms with Gasteiger partial charge in [0.2, 0.25) is 0 Å². The molecule has 0 unspecified atom stereocenters. The summed E-state index contributed by atoms with van der Waals surface area (Å²) >= 11 is 1.28. The second-order valence-corrected chi connectivity index (χ2v) is 2.84. The van der Waals surface area contributed by atoms with Crippen molar-refractivity contribution < 1.29 is 5.11 Å². The lowest BCUT2D eigenvalue weighted by molar-refractivity contribution is 0.482. The van der Waals surface area contributed by atoms with E-state index < -0.39 is 0 Å². The van der Waals surface area contributed by atoms with Crippen LogP contribution in [-0.2, 0) is 0 Å². The smallest absolute Gasteiger partial charge is 0.176 e. The molecule has 2 nitrogen and oxygen atoms in total. The van der Waals surface area contributed by atoms with Crippen molar-refractivity contribution in [2.75, 3.05) is 0 Å². The summed E-state index contributed by atoms with van der Waals surface area (Å²) in [5.74, 6) is 0. The van der Waals surface area contributed by atoms with Gasteiger partial charge < -0.3 is 10.8 Å². The van der Waals surface area contributed by atoms with E-state index in [1.807, 2.05) is 0 Å². The molecule has 0 amide bonds. The van der Waals surface area contributed by atoms with Crippen molar-refractivity contribution in [2.45, 2.75) is 6.04 Å². The summed E-state index contributed by atoms with van der Waals surface area (Å²) in [6.45, 7) is 3.53. The molecule has 0 radical (unpaired) electrons. The van der Waals surface area contributed by atoms with Crippen LogP contribution in [0.2, 0.25) is 0 Å². The molecule has 0 saturated heterocycles.